The summed E-state index contributed by atoms with van der Waals surface area (Å²) in [6.45, 7) is 5.06. The molecule has 4 aromatic rings. The summed E-state index contributed by atoms with van der Waals surface area (Å²) < 4.78 is 32.6. The van der Waals surface area contributed by atoms with Crippen molar-refractivity contribution in [3.8, 4) is 11.4 Å². The summed E-state index contributed by atoms with van der Waals surface area (Å²) in [5.41, 5.74) is 4.07. The van der Waals surface area contributed by atoms with Gasteiger partial charge in [-0.3, -0.25) is 10.00 Å². The molecule has 2 atom stereocenters. The molecule has 3 fully saturated rings. The normalized spacial score (nSPS) is 23.4. The van der Waals surface area contributed by atoms with Crippen LogP contribution in [0.4, 0.5) is 5.82 Å². The van der Waals surface area contributed by atoms with Crippen molar-refractivity contribution in [3.05, 3.63) is 35.3 Å². The quantitative estimate of drug-likeness (QED) is 0.423. The first-order valence-electron chi connectivity index (χ1n) is 12.2. The van der Waals surface area contributed by atoms with Gasteiger partial charge < -0.3 is 9.64 Å². The Labute approximate surface area is 212 Å². The molecule has 0 saturated carbocycles. The molecule has 1 aromatic carbocycles. The number of hydrogen-bond donors (Lipinski definition) is 1. The van der Waals surface area contributed by atoms with Gasteiger partial charge >= 0.3 is 0 Å². The fraction of sp³-hybridized carbons (Fsp3) is 0.458. The molecular formula is C24H27N7O3S2. The molecule has 2 bridgehead atoms. The van der Waals surface area contributed by atoms with Crippen LogP contribution in [-0.4, -0.2) is 95.5 Å². The summed E-state index contributed by atoms with van der Waals surface area (Å²) in [6, 6.07) is 6.38. The van der Waals surface area contributed by atoms with Crippen LogP contribution >= 0.6 is 11.3 Å². The van der Waals surface area contributed by atoms with E-state index in [4.69, 9.17) is 14.7 Å². The number of aromatic nitrogens is 4. The Balaban J connectivity index is 1.29. The average Bonchev–Trinajstić information content (AvgIpc) is 3.67. The summed E-state index contributed by atoms with van der Waals surface area (Å²) in [6.07, 6.45) is 4.04. The maximum atomic E-state index is 12.1. The fourth-order valence-electron chi connectivity index (χ4n) is 5.87. The molecule has 0 radical (unpaired) electrons. The van der Waals surface area contributed by atoms with E-state index in [1.807, 2.05) is 24.4 Å². The molecule has 0 unspecified atom stereocenters. The number of hydrogen-bond acceptors (Lipinski definition) is 9. The molecule has 188 valence electrons. The van der Waals surface area contributed by atoms with Crippen LogP contribution in [-0.2, 0) is 21.3 Å². The Morgan fingerprint density at radius 3 is 2.81 bits per heavy atom. The minimum Gasteiger partial charge on any atom is -0.378 e. The fourth-order valence-corrected chi connectivity index (χ4v) is 8.02. The first kappa shape index (κ1) is 22.5. The van der Waals surface area contributed by atoms with Crippen molar-refractivity contribution in [2.75, 3.05) is 50.5 Å². The number of H-pyrrole nitrogens is 1. The molecule has 3 aromatic heterocycles. The van der Waals surface area contributed by atoms with E-state index < -0.39 is 10.0 Å². The highest BCUT2D eigenvalue weighted by Gasteiger charge is 2.46. The van der Waals surface area contributed by atoms with Crippen LogP contribution in [0.2, 0.25) is 0 Å². The zero-order valence-corrected chi connectivity index (χ0v) is 21.6. The van der Waals surface area contributed by atoms with Crippen molar-refractivity contribution in [1.29, 1.82) is 0 Å². The Kier molecular flexibility index (Phi) is 5.29. The molecule has 10 nitrogen and oxygen atoms in total. The van der Waals surface area contributed by atoms with Crippen LogP contribution in [0.3, 0.4) is 0 Å². The van der Waals surface area contributed by atoms with Crippen LogP contribution < -0.4 is 4.90 Å². The van der Waals surface area contributed by atoms with Gasteiger partial charge in [0, 0.05) is 61.3 Å². The third kappa shape index (κ3) is 3.70. The molecule has 3 saturated heterocycles. The Bertz CT molecular complexity index is 1560. The Morgan fingerprint density at radius 1 is 1.17 bits per heavy atom. The topological polar surface area (TPSA) is 108 Å². The number of morpholine rings is 1. The summed E-state index contributed by atoms with van der Waals surface area (Å²) in [5, 5.41) is 10.5. The highest BCUT2D eigenvalue weighted by Crippen LogP contribution is 2.39. The number of nitrogens with one attached hydrogen (secondary N) is 1. The van der Waals surface area contributed by atoms with Gasteiger partial charge in [0.25, 0.3) is 0 Å². The van der Waals surface area contributed by atoms with Gasteiger partial charge in [0.05, 0.1) is 41.4 Å². The second-order valence-electron chi connectivity index (χ2n) is 9.85. The number of benzene rings is 1. The zero-order chi connectivity index (χ0) is 24.4. The van der Waals surface area contributed by atoms with Crippen LogP contribution in [0.5, 0.6) is 0 Å². The molecule has 6 heterocycles. The van der Waals surface area contributed by atoms with E-state index in [1.165, 1.54) is 11.8 Å². The van der Waals surface area contributed by atoms with Crippen LogP contribution in [0, 0.1) is 0 Å². The number of ether oxygens (including phenoxy) is 1. The van der Waals surface area contributed by atoms with E-state index in [-0.39, 0.29) is 12.1 Å². The van der Waals surface area contributed by atoms with Gasteiger partial charge in [-0.15, -0.1) is 11.3 Å². The number of nitrogens with zero attached hydrogens (tertiary/aromatic N) is 6. The molecule has 36 heavy (non-hydrogen) atoms. The summed E-state index contributed by atoms with van der Waals surface area (Å²) in [7, 11) is -3.16. The molecule has 0 spiro atoms. The minimum absolute atomic E-state index is 0.0719. The highest BCUT2D eigenvalue weighted by atomic mass is 32.2. The summed E-state index contributed by atoms with van der Waals surface area (Å²) >= 11 is 1.69. The van der Waals surface area contributed by atoms with Gasteiger partial charge in [0.1, 0.15) is 0 Å². The molecular weight excluding hydrogens is 498 g/mol. The van der Waals surface area contributed by atoms with E-state index in [0.717, 1.165) is 65.1 Å². The lowest BCUT2D eigenvalue weighted by Gasteiger charge is -2.32. The molecule has 0 aliphatic carbocycles. The average molecular weight is 526 g/mol. The van der Waals surface area contributed by atoms with E-state index in [9.17, 15) is 8.42 Å². The molecule has 12 heteroatoms. The van der Waals surface area contributed by atoms with Crippen molar-refractivity contribution in [2.24, 2.45) is 0 Å². The predicted molar refractivity (Wildman–Crippen MR) is 140 cm³/mol. The van der Waals surface area contributed by atoms with Gasteiger partial charge in [0.15, 0.2) is 11.6 Å². The van der Waals surface area contributed by atoms with Crippen LogP contribution in [0.15, 0.2) is 29.8 Å². The van der Waals surface area contributed by atoms with Gasteiger partial charge in [-0.2, -0.15) is 9.40 Å². The second kappa shape index (κ2) is 8.45. The van der Waals surface area contributed by atoms with Crippen molar-refractivity contribution in [2.45, 2.75) is 25.0 Å². The lowest BCUT2D eigenvalue weighted by Crippen LogP contribution is -2.47. The lowest BCUT2D eigenvalue weighted by atomic mass is 10.1. The highest BCUT2D eigenvalue weighted by molar-refractivity contribution is 7.88. The molecule has 3 aliphatic heterocycles. The van der Waals surface area contributed by atoms with Gasteiger partial charge in [-0.1, -0.05) is 12.1 Å². The van der Waals surface area contributed by atoms with Crippen LogP contribution in [0.25, 0.3) is 32.5 Å². The number of sulfonamides is 1. The number of anilines is 1. The monoisotopic (exact) mass is 525 g/mol. The standard InChI is InChI=1S/C24H27N7O3S2/c1-36(32,33)31-13-16-9-17(31)12-30(16)11-15-14-35-22-21(15)26-23(27-24(22)29-5-7-34-8-6-29)18-3-2-4-20-19(18)10-25-28-20/h2-4,10,14,16-17H,5-9,11-13H2,1H3,(H,25,28)/t16-,17-/m0/s1. The number of likely N-dealkylation sites (tertiary alicyclic amines) is 1. The SMILES string of the molecule is CS(=O)(=O)N1C[C@@H]2C[C@H]1CN2Cc1csc2c(N3CCOCC3)nc(-c3cccc4[nH]ncc34)nc12. The minimum atomic E-state index is -3.16. The number of piperazine rings is 1. The van der Waals surface area contributed by atoms with Crippen molar-refractivity contribution in [3.63, 3.8) is 0 Å². The first-order valence-corrected chi connectivity index (χ1v) is 14.9. The van der Waals surface area contributed by atoms with E-state index in [1.54, 1.807) is 15.6 Å². The Hall–Kier alpha value is -2.64. The molecule has 7 rings (SSSR count). The Morgan fingerprint density at radius 2 is 2.03 bits per heavy atom. The van der Waals surface area contributed by atoms with Crippen LogP contribution in [0.1, 0.15) is 12.0 Å². The zero-order valence-electron chi connectivity index (χ0n) is 19.9. The molecule has 1 N–H and O–H groups in total. The maximum Gasteiger partial charge on any atom is 0.211 e. The third-order valence-electron chi connectivity index (χ3n) is 7.61. The van der Waals surface area contributed by atoms with Crippen molar-refractivity contribution >= 4 is 48.3 Å². The number of fused-ring (bicyclic) bond motifs is 4. The largest absolute Gasteiger partial charge is 0.378 e. The van der Waals surface area contributed by atoms with E-state index in [0.29, 0.717) is 25.6 Å². The predicted octanol–water partition coefficient (Wildman–Crippen LogP) is 2.29. The smallest absolute Gasteiger partial charge is 0.211 e. The lowest BCUT2D eigenvalue weighted by molar-refractivity contribution is 0.122. The third-order valence-corrected chi connectivity index (χ3v) is 9.92. The maximum absolute atomic E-state index is 12.1. The second-order valence-corrected chi connectivity index (χ2v) is 12.7. The summed E-state index contributed by atoms with van der Waals surface area (Å²) in [4.78, 5) is 14.9. The summed E-state index contributed by atoms with van der Waals surface area (Å²) in [5.74, 6) is 1.66. The van der Waals surface area contributed by atoms with Crippen molar-refractivity contribution < 1.29 is 13.2 Å². The number of thiophene rings is 1. The number of rotatable bonds is 5. The van der Waals surface area contributed by atoms with Crippen molar-refractivity contribution in [1.82, 2.24) is 29.4 Å². The van der Waals surface area contributed by atoms with E-state index >= 15 is 0 Å². The number of aromatic amines is 1. The first-order chi connectivity index (χ1) is 17.5. The molecule has 3 aliphatic rings. The van der Waals surface area contributed by atoms with Gasteiger partial charge in [-0.05, 0) is 17.9 Å². The molecule has 0 amide bonds. The van der Waals surface area contributed by atoms with Gasteiger partial charge in [0.2, 0.25) is 10.0 Å². The van der Waals surface area contributed by atoms with E-state index in [2.05, 4.69) is 25.4 Å². The van der Waals surface area contributed by atoms with Gasteiger partial charge in [-0.25, -0.2) is 18.4 Å².